The SMILES string of the molecule is CNC(=O)C1CCCN(C(=O)c2cccc(C)c2Br)C1. The van der Waals surface area contributed by atoms with E-state index < -0.39 is 0 Å². The molecule has 1 aliphatic heterocycles. The Bertz CT molecular complexity index is 531. The number of piperidine rings is 1. The molecule has 20 heavy (non-hydrogen) atoms. The van der Waals surface area contributed by atoms with Gasteiger partial charge in [-0.05, 0) is 47.3 Å². The number of carbonyl (C=O) groups excluding carboxylic acids is 2. The van der Waals surface area contributed by atoms with Crippen LogP contribution in [0.1, 0.15) is 28.8 Å². The second-order valence-corrected chi connectivity index (χ2v) is 5.93. The lowest BCUT2D eigenvalue weighted by Gasteiger charge is -2.32. The van der Waals surface area contributed by atoms with Crippen LogP contribution in [0, 0.1) is 12.8 Å². The van der Waals surface area contributed by atoms with Crippen LogP contribution in [0.5, 0.6) is 0 Å². The first-order valence-corrected chi connectivity index (χ1v) is 7.60. The Hall–Kier alpha value is -1.36. The first-order chi connectivity index (χ1) is 9.54. The van der Waals surface area contributed by atoms with Crippen molar-refractivity contribution in [2.75, 3.05) is 20.1 Å². The third-order valence-electron chi connectivity index (χ3n) is 3.75. The topological polar surface area (TPSA) is 49.4 Å². The third-order valence-corrected chi connectivity index (χ3v) is 4.80. The maximum atomic E-state index is 12.6. The van der Waals surface area contributed by atoms with Gasteiger partial charge in [-0.25, -0.2) is 0 Å². The minimum Gasteiger partial charge on any atom is -0.359 e. The minimum atomic E-state index is -0.0960. The van der Waals surface area contributed by atoms with Crippen molar-refractivity contribution in [3.05, 3.63) is 33.8 Å². The van der Waals surface area contributed by atoms with Gasteiger partial charge >= 0.3 is 0 Å². The summed E-state index contributed by atoms with van der Waals surface area (Å²) < 4.78 is 0.840. The van der Waals surface area contributed by atoms with Crippen molar-refractivity contribution in [2.24, 2.45) is 5.92 Å². The number of hydrogen-bond acceptors (Lipinski definition) is 2. The highest BCUT2D eigenvalue weighted by molar-refractivity contribution is 9.10. The Morgan fingerprint density at radius 2 is 2.15 bits per heavy atom. The highest BCUT2D eigenvalue weighted by Crippen LogP contribution is 2.25. The zero-order chi connectivity index (χ0) is 14.7. The van der Waals surface area contributed by atoms with Crippen LogP contribution >= 0.6 is 15.9 Å². The average molecular weight is 339 g/mol. The summed E-state index contributed by atoms with van der Waals surface area (Å²) in [5.41, 5.74) is 1.71. The average Bonchev–Trinajstić information content (AvgIpc) is 2.48. The fourth-order valence-corrected chi connectivity index (χ4v) is 3.00. The number of aryl methyl sites for hydroxylation is 1. The number of nitrogens with zero attached hydrogens (tertiary/aromatic N) is 1. The zero-order valence-electron chi connectivity index (χ0n) is 11.8. The number of likely N-dealkylation sites (tertiary alicyclic amines) is 1. The van der Waals surface area contributed by atoms with Crippen LogP contribution in [-0.2, 0) is 4.79 Å². The normalized spacial score (nSPS) is 18.8. The van der Waals surface area contributed by atoms with Gasteiger partial charge in [-0.3, -0.25) is 9.59 Å². The second-order valence-electron chi connectivity index (χ2n) is 5.14. The summed E-state index contributed by atoms with van der Waals surface area (Å²) in [7, 11) is 1.64. The molecular weight excluding hydrogens is 320 g/mol. The molecule has 1 fully saturated rings. The van der Waals surface area contributed by atoms with Crippen molar-refractivity contribution < 1.29 is 9.59 Å². The molecule has 1 heterocycles. The summed E-state index contributed by atoms with van der Waals surface area (Å²) in [6.45, 7) is 3.18. The van der Waals surface area contributed by atoms with Crippen LogP contribution < -0.4 is 5.32 Å². The van der Waals surface area contributed by atoms with Crippen molar-refractivity contribution in [1.82, 2.24) is 10.2 Å². The quantitative estimate of drug-likeness (QED) is 0.899. The van der Waals surface area contributed by atoms with E-state index in [-0.39, 0.29) is 17.7 Å². The molecule has 0 spiro atoms. The predicted molar refractivity (Wildman–Crippen MR) is 81.6 cm³/mol. The lowest BCUT2D eigenvalue weighted by molar-refractivity contribution is -0.125. The number of rotatable bonds is 2. The molecule has 0 saturated carbocycles. The largest absolute Gasteiger partial charge is 0.359 e. The Balaban J connectivity index is 2.16. The van der Waals surface area contributed by atoms with E-state index in [0.29, 0.717) is 18.7 Å². The molecular formula is C15H19BrN2O2. The van der Waals surface area contributed by atoms with Crippen molar-refractivity contribution in [3.8, 4) is 0 Å². The molecule has 0 aliphatic carbocycles. The van der Waals surface area contributed by atoms with E-state index >= 15 is 0 Å². The standard InChI is InChI=1S/C15H19BrN2O2/c1-10-5-3-7-12(13(10)16)15(20)18-8-4-6-11(9-18)14(19)17-2/h3,5,7,11H,4,6,8-9H2,1-2H3,(H,17,19). The summed E-state index contributed by atoms with van der Waals surface area (Å²) in [5, 5.41) is 2.67. The van der Waals surface area contributed by atoms with Crippen molar-refractivity contribution in [1.29, 1.82) is 0 Å². The zero-order valence-corrected chi connectivity index (χ0v) is 13.4. The minimum absolute atomic E-state index is 0.00539. The van der Waals surface area contributed by atoms with Crippen LogP contribution in [-0.4, -0.2) is 36.9 Å². The van der Waals surface area contributed by atoms with E-state index in [0.717, 1.165) is 22.9 Å². The molecule has 0 bridgehead atoms. The molecule has 5 heteroatoms. The lowest BCUT2D eigenvalue weighted by Crippen LogP contribution is -2.44. The predicted octanol–water partition coefficient (Wildman–Crippen LogP) is 2.36. The Labute approximate surface area is 127 Å². The van der Waals surface area contributed by atoms with Gasteiger partial charge in [-0.1, -0.05) is 12.1 Å². The fourth-order valence-electron chi connectivity index (χ4n) is 2.56. The molecule has 108 valence electrons. The van der Waals surface area contributed by atoms with Gasteiger partial charge < -0.3 is 10.2 Å². The number of benzene rings is 1. The first kappa shape index (κ1) is 15.0. The van der Waals surface area contributed by atoms with Gasteiger partial charge in [0.15, 0.2) is 0 Å². The van der Waals surface area contributed by atoms with E-state index in [1.54, 1.807) is 11.9 Å². The molecule has 2 amide bonds. The molecule has 0 radical (unpaired) electrons. The smallest absolute Gasteiger partial charge is 0.255 e. The van der Waals surface area contributed by atoms with Gasteiger partial charge in [0.2, 0.25) is 5.91 Å². The number of nitrogens with one attached hydrogen (secondary N) is 1. The van der Waals surface area contributed by atoms with Gasteiger partial charge in [0.25, 0.3) is 5.91 Å². The third kappa shape index (κ3) is 3.03. The van der Waals surface area contributed by atoms with Crippen LogP contribution in [0.25, 0.3) is 0 Å². The molecule has 2 rings (SSSR count). The van der Waals surface area contributed by atoms with E-state index in [2.05, 4.69) is 21.2 Å². The van der Waals surface area contributed by atoms with Gasteiger partial charge in [0, 0.05) is 24.6 Å². The Morgan fingerprint density at radius 3 is 2.85 bits per heavy atom. The molecule has 1 aliphatic rings. The molecule has 0 aromatic heterocycles. The maximum Gasteiger partial charge on any atom is 0.255 e. The summed E-state index contributed by atoms with van der Waals surface area (Å²) in [6.07, 6.45) is 1.71. The van der Waals surface area contributed by atoms with Crippen LogP contribution in [0.3, 0.4) is 0 Å². The summed E-state index contributed by atoms with van der Waals surface area (Å²) in [5.74, 6) is -0.0822. The maximum absolute atomic E-state index is 12.6. The number of carbonyl (C=O) groups is 2. The molecule has 1 aromatic rings. The monoisotopic (exact) mass is 338 g/mol. The highest BCUT2D eigenvalue weighted by Gasteiger charge is 2.29. The Kier molecular flexibility index (Phi) is 4.81. The van der Waals surface area contributed by atoms with Crippen LogP contribution in [0.4, 0.5) is 0 Å². The summed E-state index contributed by atoms with van der Waals surface area (Å²) >= 11 is 3.48. The molecule has 1 saturated heterocycles. The molecule has 1 N–H and O–H groups in total. The van der Waals surface area contributed by atoms with E-state index in [1.165, 1.54) is 0 Å². The molecule has 1 unspecified atom stereocenters. The van der Waals surface area contributed by atoms with E-state index in [1.807, 2.05) is 25.1 Å². The number of hydrogen-bond donors (Lipinski definition) is 1. The van der Waals surface area contributed by atoms with Crippen molar-refractivity contribution in [3.63, 3.8) is 0 Å². The fraction of sp³-hybridized carbons (Fsp3) is 0.467. The Morgan fingerprint density at radius 1 is 1.40 bits per heavy atom. The lowest BCUT2D eigenvalue weighted by atomic mass is 9.96. The molecule has 1 aromatic carbocycles. The van der Waals surface area contributed by atoms with Gasteiger partial charge in [0.05, 0.1) is 11.5 Å². The van der Waals surface area contributed by atoms with Gasteiger partial charge in [-0.2, -0.15) is 0 Å². The van der Waals surface area contributed by atoms with Crippen LogP contribution in [0.2, 0.25) is 0 Å². The van der Waals surface area contributed by atoms with E-state index in [9.17, 15) is 9.59 Å². The van der Waals surface area contributed by atoms with Crippen molar-refractivity contribution in [2.45, 2.75) is 19.8 Å². The first-order valence-electron chi connectivity index (χ1n) is 6.80. The summed E-state index contributed by atoms with van der Waals surface area (Å²) in [6, 6.07) is 5.67. The van der Waals surface area contributed by atoms with E-state index in [4.69, 9.17) is 0 Å². The van der Waals surface area contributed by atoms with Crippen LogP contribution in [0.15, 0.2) is 22.7 Å². The second kappa shape index (κ2) is 6.39. The molecule has 4 nitrogen and oxygen atoms in total. The van der Waals surface area contributed by atoms with Gasteiger partial charge in [-0.15, -0.1) is 0 Å². The van der Waals surface area contributed by atoms with Gasteiger partial charge in [0.1, 0.15) is 0 Å². The summed E-state index contributed by atoms with van der Waals surface area (Å²) in [4.78, 5) is 26.1. The van der Waals surface area contributed by atoms with Crippen molar-refractivity contribution >= 4 is 27.7 Å². The highest BCUT2D eigenvalue weighted by atomic mass is 79.9. The molecule has 1 atom stereocenters. The number of amides is 2. The number of halogens is 1.